The van der Waals surface area contributed by atoms with Crippen LogP contribution in [0.4, 0.5) is 0 Å². The van der Waals surface area contributed by atoms with E-state index in [4.69, 9.17) is 0 Å². The maximum Gasteiger partial charge on any atom is 0.265 e. The molecule has 25 heavy (non-hydrogen) atoms. The quantitative estimate of drug-likeness (QED) is 0.915. The molecule has 1 aliphatic heterocycles. The van der Waals surface area contributed by atoms with Crippen LogP contribution in [0.2, 0.25) is 0 Å². The number of aryl methyl sites for hydroxylation is 2. The topological polar surface area (TPSA) is 62.3 Å². The van der Waals surface area contributed by atoms with Crippen LogP contribution in [0.5, 0.6) is 0 Å². The average molecular weight is 357 g/mol. The van der Waals surface area contributed by atoms with Gasteiger partial charge in [0.1, 0.15) is 4.88 Å². The van der Waals surface area contributed by atoms with Crippen LogP contribution < -0.4 is 5.32 Å². The third-order valence-corrected chi connectivity index (χ3v) is 5.70. The van der Waals surface area contributed by atoms with Gasteiger partial charge in [-0.1, -0.05) is 25.1 Å². The highest BCUT2D eigenvalue weighted by Gasteiger charge is 2.26. The predicted octanol–water partition coefficient (Wildman–Crippen LogP) is 3.05. The number of carbonyl (C=O) groups is 2. The molecular formula is C19H23N3O2S. The zero-order chi connectivity index (χ0) is 17.8. The Bertz CT molecular complexity index is 764. The van der Waals surface area contributed by atoms with E-state index in [9.17, 15) is 9.59 Å². The van der Waals surface area contributed by atoms with E-state index < -0.39 is 0 Å². The first-order chi connectivity index (χ1) is 12.1. The van der Waals surface area contributed by atoms with Crippen LogP contribution in [0.1, 0.15) is 50.4 Å². The number of rotatable bonds is 4. The molecule has 1 aliphatic rings. The van der Waals surface area contributed by atoms with E-state index in [0.29, 0.717) is 18.0 Å². The first kappa shape index (κ1) is 17.6. The fourth-order valence-corrected chi connectivity index (χ4v) is 3.87. The standard InChI is InChI=1S/C19H23N3O2S/c1-3-17-20-12-16(25-17)19(24)22-10-8-14(9-11-22)21-18(23)15-7-5-4-6-13(15)2/h4-7,12,14H,3,8-11H2,1-2H3,(H,21,23). The lowest BCUT2D eigenvalue weighted by Gasteiger charge is -2.32. The van der Waals surface area contributed by atoms with Crippen molar-refractivity contribution in [3.63, 3.8) is 0 Å². The third-order valence-electron chi connectivity index (χ3n) is 4.57. The summed E-state index contributed by atoms with van der Waals surface area (Å²) in [7, 11) is 0. The summed E-state index contributed by atoms with van der Waals surface area (Å²) in [4.78, 5) is 31.8. The number of thiazole rings is 1. The maximum atomic E-state index is 12.5. The second kappa shape index (κ2) is 7.78. The van der Waals surface area contributed by atoms with Crippen LogP contribution in [0.15, 0.2) is 30.5 Å². The van der Waals surface area contributed by atoms with Gasteiger partial charge in [-0.3, -0.25) is 9.59 Å². The number of nitrogens with one attached hydrogen (secondary N) is 1. The molecule has 1 fully saturated rings. The number of nitrogens with zero attached hydrogens (tertiary/aromatic N) is 2. The molecule has 5 nitrogen and oxygen atoms in total. The van der Waals surface area contributed by atoms with E-state index in [2.05, 4.69) is 10.3 Å². The molecule has 0 aliphatic carbocycles. The van der Waals surface area contributed by atoms with Gasteiger partial charge in [0.25, 0.3) is 11.8 Å². The zero-order valence-corrected chi connectivity index (χ0v) is 15.4. The molecule has 132 valence electrons. The molecule has 0 atom stereocenters. The number of hydrogen-bond acceptors (Lipinski definition) is 4. The van der Waals surface area contributed by atoms with Crippen molar-refractivity contribution in [2.24, 2.45) is 0 Å². The van der Waals surface area contributed by atoms with Crippen molar-refractivity contribution in [1.29, 1.82) is 0 Å². The van der Waals surface area contributed by atoms with Crippen LogP contribution in [0, 0.1) is 6.92 Å². The van der Waals surface area contributed by atoms with Crippen LogP contribution in [0.3, 0.4) is 0 Å². The normalized spacial score (nSPS) is 15.2. The summed E-state index contributed by atoms with van der Waals surface area (Å²) in [5, 5.41) is 4.09. The lowest BCUT2D eigenvalue weighted by molar-refractivity contribution is 0.0702. The molecule has 3 rings (SSSR count). The molecule has 6 heteroatoms. The lowest BCUT2D eigenvalue weighted by Crippen LogP contribution is -2.46. The average Bonchev–Trinajstić information content (AvgIpc) is 3.11. The Balaban J connectivity index is 1.54. The molecule has 0 saturated carbocycles. The van der Waals surface area contributed by atoms with Crippen molar-refractivity contribution in [2.45, 2.75) is 39.2 Å². The molecule has 1 aromatic carbocycles. The number of likely N-dealkylation sites (tertiary alicyclic amines) is 1. The summed E-state index contributed by atoms with van der Waals surface area (Å²) in [6.07, 6.45) is 4.09. The van der Waals surface area contributed by atoms with Gasteiger partial charge in [0, 0.05) is 24.7 Å². The van der Waals surface area contributed by atoms with Gasteiger partial charge < -0.3 is 10.2 Å². The highest BCUT2D eigenvalue weighted by Crippen LogP contribution is 2.19. The first-order valence-electron chi connectivity index (χ1n) is 8.69. The van der Waals surface area contributed by atoms with Gasteiger partial charge in [-0.25, -0.2) is 4.98 Å². The van der Waals surface area contributed by atoms with Crippen molar-refractivity contribution in [3.8, 4) is 0 Å². The van der Waals surface area contributed by atoms with Gasteiger partial charge >= 0.3 is 0 Å². The number of benzene rings is 1. The first-order valence-corrected chi connectivity index (χ1v) is 9.50. The largest absolute Gasteiger partial charge is 0.349 e. The maximum absolute atomic E-state index is 12.5. The highest BCUT2D eigenvalue weighted by molar-refractivity contribution is 7.13. The van der Waals surface area contributed by atoms with Crippen LogP contribution in [-0.4, -0.2) is 40.8 Å². The van der Waals surface area contributed by atoms with Crippen molar-refractivity contribution < 1.29 is 9.59 Å². The predicted molar refractivity (Wildman–Crippen MR) is 99.1 cm³/mol. The second-order valence-corrected chi connectivity index (χ2v) is 7.44. The van der Waals surface area contributed by atoms with E-state index in [-0.39, 0.29) is 17.9 Å². The second-order valence-electron chi connectivity index (χ2n) is 6.33. The fourth-order valence-electron chi connectivity index (χ4n) is 3.05. The minimum Gasteiger partial charge on any atom is -0.349 e. The summed E-state index contributed by atoms with van der Waals surface area (Å²) < 4.78 is 0. The molecule has 2 heterocycles. The van der Waals surface area contributed by atoms with Gasteiger partial charge in [0.2, 0.25) is 0 Å². The van der Waals surface area contributed by atoms with Gasteiger partial charge in [0.05, 0.1) is 11.2 Å². The molecule has 1 saturated heterocycles. The smallest absolute Gasteiger partial charge is 0.265 e. The number of piperidine rings is 1. The molecular weight excluding hydrogens is 334 g/mol. The molecule has 0 unspecified atom stereocenters. The molecule has 0 radical (unpaired) electrons. The molecule has 2 amide bonds. The SMILES string of the molecule is CCc1ncc(C(=O)N2CCC(NC(=O)c3ccccc3C)CC2)s1. The van der Waals surface area contributed by atoms with Crippen LogP contribution in [0.25, 0.3) is 0 Å². The van der Waals surface area contributed by atoms with E-state index >= 15 is 0 Å². The highest BCUT2D eigenvalue weighted by atomic mass is 32.1. The fraction of sp³-hybridized carbons (Fsp3) is 0.421. The van der Waals surface area contributed by atoms with E-state index in [1.54, 1.807) is 6.20 Å². The van der Waals surface area contributed by atoms with Crippen LogP contribution in [-0.2, 0) is 6.42 Å². The Kier molecular flexibility index (Phi) is 5.48. The van der Waals surface area contributed by atoms with Crippen molar-refractivity contribution in [2.75, 3.05) is 13.1 Å². The number of carbonyl (C=O) groups excluding carboxylic acids is 2. The van der Waals surface area contributed by atoms with Gasteiger partial charge in [0.15, 0.2) is 0 Å². The monoisotopic (exact) mass is 357 g/mol. The number of aromatic nitrogens is 1. The minimum absolute atomic E-state index is 0.0297. The summed E-state index contributed by atoms with van der Waals surface area (Å²) >= 11 is 1.47. The van der Waals surface area contributed by atoms with Crippen molar-refractivity contribution >= 4 is 23.2 Å². The Labute approximate surface area is 152 Å². The number of amides is 2. The summed E-state index contributed by atoms with van der Waals surface area (Å²) in [6.45, 7) is 5.30. The Morgan fingerprint density at radius 1 is 1.28 bits per heavy atom. The molecule has 2 aromatic rings. The summed E-state index contributed by atoms with van der Waals surface area (Å²) in [5.41, 5.74) is 1.70. The number of hydrogen-bond donors (Lipinski definition) is 1. The molecule has 1 aromatic heterocycles. The van der Waals surface area contributed by atoms with Gasteiger partial charge in [-0.15, -0.1) is 11.3 Å². The van der Waals surface area contributed by atoms with E-state index in [1.807, 2.05) is 43.0 Å². The third kappa shape index (κ3) is 4.07. The van der Waals surface area contributed by atoms with E-state index in [1.165, 1.54) is 11.3 Å². The van der Waals surface area contributed by atoms with Gasteiger partial charge in [-0.2, -0.15) is 0 Å². The molecule has 1 N–H and O–H groups in total. The van der Waals surface area contributed by atoms with Crippen molar-refractivity contribution in [1.82, 2.24) is 15.2 Å². The summed E-state index contributed by atoms with van der Waals surface area (Å²) in [6, 6.07) is 7.71. The Hall–Kier alpha value is -2.21. The molecule has 0 bridgehead atoms. The van der Waals surface area contributed by atoms with Gasteiger partial charge in [-0.05, 0) is 37.8 Å². The summed E-state index contributed by atoms with van der Waals surface area (Å²) in [5.74, 6) is 0.0267. The Morgan fingerprint density at radius 2 is 2.00 bits per heavy atom. The van der Waals surface area contributed by atoms with Crippen LogP contribution >= 0.6 is 11.3 Å². The Morgan fingerprint density at radius 3 is 2.64 bits per heavy atom. The minimum atomic E-state index is -0.0297. The lowest BCUT2D eigenvalue weighted by atomic mass is 10.0. The zero-order valence-electron chi connectivity index (χ0n) is 14.6. The van der Waals surface area contributed by atoms with E-state index in [0.717, 1.165) is 35.4 Å². The molecule has 0 spiro atoms. The van der Waals surface area contributed by atoms with Crippen molar-refractivity contribution in [3.05, 3.63) is 51.5 Å².